The molecule has 1 saturated carbocycles. The Morgan fingerprint density at radius 2 is 2.40 bits per heavy atom. The Bertz CT molecular complexity index is 320. The van der Waals surface area contributed by atoms with Crippen molar-refractivity contribution in [3.8, 4) is 0 Å². The molecule has 1 aliphatic rings. The van der Waals surface area contributed by atoms with Crippen LogP contribution >= 0.6 is 0 Å². The van der Waals surface area contributed by atoms with Crippen LogP contribution in [0, 0.1) is 5.92 Å². The Labute approximate surface area is 89.9 Å². The minimum atomic E-state index is 0.227. The molecule has 0 saturated heterocycles. The van der Waals surface area contributed by atoms with E-state index in [-0.39, 0.29) is 5.91 Å². The van der Waals surface area contributed by atoms with Crippen molar-refractivity contribution in [2.24, 2.45) is 5.92 Å². The molecule has 0 unspecified atom stereocenters. The normalized spacial score (nSPS) is 15.7. The molecule has 0 bridgehead atoms. The van der Waals surface area contributed by atoms with Gasteiger partial charge in [0.15, 0.2) is 0 Å². The molecule has 80 valence electrons. The van der Waals surface area contributed by atoms with Crippen molar-refractivity contribution in [3.05, 3.63) is 30.1 Å². The summed E-state index contributed by atoms with van der Waals surface area (Å²) in [5, 5.41) is 2.97. The van der Waals surface area contributed by atoms with E-state index in [0.29, 0.717) is 5.92 Å². The summed E-state index contributed by atoms with van der Waals surface area (Å²) in [4.78, 5) is 15.5. The third kappa shape index (κ3) is 2.78. The Balaban J connectivity index is 1.68. The van der Waals surface area contributed by atoms with Crippen LogP contribution in [-0.2, 0) is 11.2 Å². The molecule has 3 heteroatoms. The zero-order valence-corrected chi connectivity index (χ0v) is 8.78. The topological polar surface area (TPSA) is 42.0 Å². The van der Waals surface area contributed by atoms with Gasteiger partial charge in [-0.3, -0.25) is 9.78 Å². The van der Waals surface area contributed by atoms with Crippen molar-refractivity contribution in [2.75, 3.05) is 6.54 Å². The first-order valence-electron chi connectivity index (χ1n) is 5.53. The zero-order valence-electron chi connectivity index (χ0n) is 8.78. The molecule has 1 aliphatic carbocycles. The van der Waals surface area contributed by atoms with Gasteiger partial charge >= 0.3 is 0 Å². The van der Waals surface area contributed by atoms with E-state index in [1.54, 1.807) is 6.20 Å². The van der Waals surface area contributed by atoms with E-state index >= 15 is 0 Å². The van der Waals surface area contributed by atoms with Gasteiger partial charge in [-0.25, -0.2) is 0 Å². The lowest BCUT2D eigenvalue weighted by atomic mass is 9.85. The van der Waals surface area contributed by atoms with Crippen LogP contribution in [0.1, 0.15) is 24.8 Å². The van der Waals surface area contributed by atoms with Crippen LogP contribution in [0.15, 0.2) is 24.5 Å². The summed E-state index contributed by atoms with van der Waals surface area (Å²) < 4.78 is 0. The molecule has 1 fully saturated rings. The SMILES string of the molecule is O=C(NCCc1cccnc1)C1CCC1. The van der Waals surface area contributed by atoms with Gasteiger partial charge in [0.25, 0.3) is 0 Å². The van der Waals surface area contributed by atoms with E-state index in [4.69, 9.17) is 0 Å². The minimum Gasteiger partial charge on any atom is -0.356 e. The summed E-state index contributed by atoms with van der Waals surface area (Å²) in [5.41, 5.74) is 1.17. The van der Waals surface area contributed by atoms with Crippen molar-refractivity contribution < 1.29 is 4.79 Å². The molecule has 1 amide bonds. The highest BCUT2D eigenvalue weighted by molar-refractivity contribution is 5.79. The van der Waals surface area contributed by atoms with Crippen molar-refractivity contribution in [2.45, 2.75) is 25.7 Å². The fourth-order valence-electron chi connectivity index (χ4n) is 1.69. The average molecular weight is 204 g/mol. The number of nitrogens with one attached hydrogen (secondary N) is 1. The highest BCUT2D eigenvalue weighted by Crippen LogP contribution is 2.25. The first-order valence-corrected chi connectivity index (χ1v) is 5.53. The standard InChI is InChI=1S/C12H16N2O/c15-12(11-4-1-5-11)14-8-6-10-3-2-7-13-9-10/h2-3,7,9,11H,1,4-6,8H2,(H,14,15). The Morgan fingerprint density at radius 3 is 3.00 bits per heavy atom. The highest BCUT2D eigenvalue weighted by atomic mass is 16.1. The predicted octanol–water partition coefficient (Wildman–Crippen LogP) is 1.54. The van der Waals surface area contributed by atoms with Crippen LogP contribution in [0.2, 0.25) is 0 Å². The maximum absolute atomic E-state index is 11.5. The van der Waals surface area contributed by atoms with Gasteiger partial charge in [0, 0.05) is 24.9 Å². The lowest BCUT2D eigenvalue weighted by Crippen LogP contribution is -2.35. The first-order chi connectivity index (χ1) is 7.36. The van der Waals surface area contributed by atoms with Crippen molar-refractivity contribution >= 4 is 5.91 Å². The number of rotatable bonds is 4. The molecule has 1 aromatic heterocycles. The molecule has 0 atom stereocenters. The lowest BCUT2D eigenvalue weighted by molar-refractivity contribution is -0.127. The van der Waals surface area contributed by atoms with E-state index in [0.717, 1.165) is 25.8 Å². The summed E-state index contributed by atoms with van der Waals surface area (Å²) in [6.45, 7) is 0.723. The van der Waals surface area contributed by atoms with Crippen molar-refractivity contribution in [1.29, 1.82) is 0 Å². The number of nitrogens with zero attached hydrogens (tertiary/aromatic N) is 1. The fourth-order valence-corrected chi connectivity index (χ4v) is 1.69. The van der Waals surface area contributed by atoms with Crippen LogP contribution < -0.4 is 5.32 Å². The number of pyridine rings is 1. The van der Waals surface area contributed by atoms with Gasteiger partial charge in [-0.15, -0.1) is 0 Å². The monoisotopic (exact) mass is 204 g/mol. The van der Waals surface area contributed by atoms with Crippen LogP contribution in [0.4, 0.5) is 0 Å². The van der Waals surface area contributed by atoms with Gasteiger partial charge in [-0.2, -0.15) is 0 Å². The van der Waals surface area contributed by atoms with Crippen LogP contribution in [0.3, 0.4) is 0 Å². The van der Waals surface area contributed by atoms with E-state index in [2.05, 4.69) is 10.3 Å². The quantitative estimate of drug-likeness (QED) is 0.808. The third-order valence-electron chi connectivity index (χ3n) is 2.91. The van der Waals surface area contributed by atoms with E-state index < -0.39 is 0 Å². The summed E-state index contributed by atoms with van der Waals surface area (Å²) in [6, 6.07) is 3.95. The molecule has 0 spiro atoms. The Kier molecular flexibility index (Phi) is 3.33. The summed E-state index contributed by atoms with van der Waals surface area (Å²) >= 11 is 0. The minimum absolute atomic E-state index is 0.227. The van der Waals surface area contributed by atoms with Crippen LogP contribution in [-0.4, -0.2) is 17.4 Å². The molecular formula is C12H16N2O. The predicted molar refractivity (Wildman–Crippen MR) is 58.3 cm³/mol. The van der Waals surface area contributed by atoms with E-state index in [1.807, 2.05) is 18.3 Å². The first kappa shape index (κ1) is 10.1. The second kappa shape index (κ2) is 4.91. The van der Waals surface area contributed by atoms with Gasteiger partial charge < -0.3 is 5.32 Å². The van der Waals surface area contributed by atoms with Gasteiger partial charge in [-0.05, 0) is 30.9 Å². The molecule has 0 radical (unpaired) electrons. The number of hydrogen-bond donors (Lipinski definition) is 1. The molecule has 1 N–H and O–H groups in total. The summed E-state index contributed by atoms with van der Waals surface area (Å²) in [6.07, 6.45) is 7.82. The smallest absolute Gasteiger partial charge is 0.223 e. The molecule has 1 heterocycles. The average Bonchev–Trinajstić information content (AvgIpc) is 2.16. The Morgan fingerprint density at radius 1 is 1.53 bits per heavy atom. The maximum atomic E-state index is 11.5. The zero-order chi connectivity index (χ0) is 10.5. The van der Waals surface area contributed by atoms with Gasteiger partial charge in [0.1, 0.15) is 0 Å². The second-order valence-corrected chi connectivity index (χ2v) is 4.03. The number of aromatic nitrogens is 1. The third-order valence-corrected chi connectivity index (χ3v) is 2.91. The number of hydrogen-bond acceptors (Lipinski definition) is 2. The van der Waals surface area contributed by atoms with Crippen molar-refractivity contribution in [3.63, 3.8) is 0 Å². The largest absolute Gasteiger partial charge is 0.356 e. The molecule has 3 nitrogen and oxygen atoms in total. The van der Waals surface area contributed by atoms with Crippen LogP contribution in [0.25, 0.3) is 0 Å². The molecule has 1 aromatic rings. The number of carbonyl (C=O) groups is 1. The lowest BCUT2D eigenvalue weighted by Gasteiger charge is -2.23. The highest BCUT2D eigenvalue weighted by Gasteiger charge is 2.24. The van der Waals surface area contributed by atoms with Gasteiger partial charge in [-0.1, -0.05) is 12.5 Å². The second-order valence-electron chi connectivity index (χ2n) is 4.03. The van der Waals surface area contributed by atoms with E-state index in [9.17, 15) is 4.79 Å². The van der Waals surface area contributed by atoms with Gasteiger partial charge in [0.05, 0.1) is 0 Å². The summed E-state index contributed by atoms with van der Waals surface area (Å²) in [7, 11) is 0. The summed E-state index contributed by atoms with van der Waals surface area (Å²) in [5.74, 6) is 0.518. The number of carbonyl (C=O) groups excluding carboxylic acids is 1. The fraction of sp³-hybridized carbons (Fsp3) is 0.500. The number of amides is 1. The maximum Gasteiger partial charge on any atom is 0.223 e. The van der Waals surface area contributed by atoms with E-state index in [1.165, 1.54) is 12.0 Å². The molecule has 0 aliphatic heterocycles. The van der Waals surface area contributed by atoms with Crippen molar-refractivity contribution in [1.82, 2.24) is 10.3 Å². The molecule has 0 aromatic carbocycles. The van der Waals surface area contributed by atoms with Crippen LogP contribution in [0.5, 0.6) is 0 Å². The molecule has 2 rings (SSSR count). The Hall–Kier alpha value is -1.38. The van der Waals surface area contributed by atoms with Gasteiger partial charge in [0.2, 0.25) is 5.91 Å². The molecular weight excluding hydrogens is 188 g/mol. The molecule has 15 heavy (non-hydrogen) atoms.